The molecular weight excluding hydrogens is 367 g/mol. The normalized spacial score (nSPS) is 18.4. The maximum atomic E-state index is 3.71. The predicted molar refractivity (Wildman–Crippen MR) is 98.2 cm³/mol. The fourth-order valence-electron chi connectivity index (χ4n) is 3.72. The van der Waals surface area contributed by atoms with Gasteiger partial charge in [-0.2, -0.15) is 0 Å². The van der Waals surface area contributed by atoms with E-state index in [1.165, 1.54) is 39.0 Å². The van der Waals surface area contributed by atoms with Crippen molar-refractivity contribution in [2.24, 2.45) is 11.3 Å². The summed E-state index contributed by atoms with van der Waals surface area (Å²) in [6, 6.07) is 17.0. The first-order valence-corrected chi connectivity index (χ1v) is 8.51. The number of fused-ring (bicyclic) bond motifs is 3. The van der Waals surface area contributed by atoms with Crippen molar-refractivity contribution in [3.8, 4) is 11.1 Å². The smallest absolute Gasteiger partial charge is 0 e. The monoisotopic (exact) mass is 389 g/mol. The number of rotatable bonds is 1. The number of hydrogen-bond acceptors (Lipinski definition) is 0. The Balaban J connectivity index is 0.00000169. The van der Waals surface area contributed by atoms with Gasteiger partial charge >= 0.3 is 0 Å². The topological polar surface area (TPSA) is 0 Å². The van der Waals surface area contributed by atoms with E-state index in [-0.39, 0.29) is 31.6 Å². The summed E-state index contributed by atoms with van der Waals surface area (Å²) in [5.74, 6) is 0.474. The zero-order chi connectivity index (χ0) is 16.2. The molecule has 2 aromatic carbocycles. The summed E-state index contributed by atoms with van der Waals surface area (Å²) < 4.78 is 0. The number of hydrogen-bond donors (Lipinski definition) is 0. The van der Waals surface area contributed by atoms with Gasteiger partial charge in [0.15, 0.2) is 0 Å². The van der Waals surface area contributed by atoms with E-state index in [2.05, 4.69) is 82.3 Å². The Hall–Kier alpha value is -1.20. The molecule has 0 N–H and O–H groups in total. The first kappa shape index (κ1) is 17.6. The second-order valence-electron chi connectivity index (χ2n) is 7.86. The molecule has 0 fully saturated rings. The van der Waals surface area contributed by atoms with Gasteiger partial charge in [-0.25, -0.2) is 0 Å². The molecular formula is C23H23Zr-. The van der Waals surface area contributed by atoms with Crippen molar-refractivity contribution in [3.63, 3.8) is 0 Å². The Morgan fingerprint density at radius 2 is 1.75 bits per heavy atom. The molecule has 120 valence electrons. The second-order valence-corrected chi connectivity index (χ2v) is 7.86. The molecule has 0 nitrogen and oxygen atoms in total. The van der Waals surface area contributed by atoms with Crippen LogP contribution in [0.25, 0.3) is 16.7 Å². The fourth-order valence-corrected chi connectivity index (χ4v) is 3.72. The molecule has 0 spiro atoms. The molecule has 1 heteroatoms. The van der Waals surface area contributed by atoms with Crippen LogP contribution in [-0.2, 0) is 32.6 Å². The van der Waals surface area contributed by atoms with Crippen LogP contribution < -0.4 is 0 Å². The summed E-state index contributed by atoms with van der Waals surface area (Å²) in [5, 5.41) is 0. The van der Waals surface area contributed by atoms with Crippen LogP contribution in [-0.4, -0.2) is 0 Å². The van der Waals surface area contributed by atoms with Crippen LogP contribution in [0.5, 0.6) is 0 Å². The summed E-state index contributed by atoms with van der Waals surface area (Å²) in [6.07, 6.45) is 5.80. The second kappa shape index (κ2) is 6.27. The molecule has 2 aromatic rings. The van der Waals surface area contributed by atoms with E-state index in [4.69, 9.17) is 0 Å². The molecule has 0 saturated carbocycles. The number of benzene rings is 2. The number of allylic oxidation sites excluding steroid dienone is 4. The fraction of sp³-hybridized carbons (Fsp3) is 0.304. The van der Waals surface area contributed by atoms with Crippen LogP contribution >= 0.6 is 0 Å². The van der Waals surface area contributed by atoms with E-state index in [1.807, 2.05) is 0 Å². The van der Waals surface area contributed by atoms with E-state index in [0.29, 0.717) is 5.92 Å². The average Bonchev–Trinajstić information content (AvgIpc) is 3.06. The van der Waals surface area contributed by atoms with Gasteiger partial charge in [-0.05, 0) is 23.3 Å². The van der Waals surface area contributed by atoms with Gasteiger partial charge in [0.05, 0.1) is 0 Å². The molecule has 0 saturated heterocycles. The van der Waals surface area contributed by atoms with Crippen LogP contribution in [0.4, 0.5) is 0 Å². The summed E-state index contributed by atoms with van der Waals surface area (Å²) >= 11 is 0. The third-order valence-electron chi connectivity index (χ3n) is 5.11. The zero-order valence-corrected chi connectivity index (χ0v) is 17.4. The first-order chi connectivity index (χ1) is 10.9. The van der Waals surface area contributed by atoms with Crippen molar-refractivity contribution in [1.29, 1.82) is 0 Å². The van der Waals surface area contributed by atoms with E-state index in [9.17, 15) is 0 Å². The van der Waals surface area contributed by atoms with Crippen LogP contribution in [0.15, 0.2) is 54.1 Å². The van der Waals surface area contributed by atoms with Crippen LogP contribution in [0.1, 0.15) is 44.4 Å². The van der Waals surface area contributed by atoms with Gasteiger partial charge < -0.3 is 0 Å². The Bertz CT molecular complexity index is 847. The predicted octanol–water partition coefficient (Wildman–Crippen LogP) is 6.06. The molecule has 1 unspecified atom stereocenters. The van der Waals surface area contributed by atoms with Gasteiger partial charge in [-0.15, -0.1) is 34.9 Å². The maximum Gasteiger partial charge on any atom is 0 e. The van der Waals surface area contributed by atoms with E-state index in [0.717, 1.165) is 6.42 Å². The van der Waals surface area contributed by atoms with Gasteiger partial charge in [0.2, 0.25) is 0 Å². The van der Waals surface area contributed by atoms with Gasteiger partial charge in [-0.1, -0.05) is 80.8 Å². The van der Waals surface area contributed by atoms with E-state index in [1.54, 1.807) is 0 Å². The molecule has 4 rings (SSSR count). The summed E-state index contributed by atoms with van der Waals surface area (Å²) in [6.45, 7) is 9.15. The van der Waals surface area contributed by atoms with E-state index >= 15 is 0 Å². The average molecular weight is 391 g/mol. The maximum absolute atomic E-state index is 3.71. The quantitative estimate of drug-likeness (QED) is 0.443. The Labute approximate surface area is 164 Å². The molecule has 0 radical (unpaired) electrons. The molecule has 1 atom stereocenters. The first-order valence-electron chi connectivity index (χ1n) is 8.51. The summed E-state index contributed by atoms with van der Waals surface area (Å²) in [7, 11) is 0. The van der Waals surface area contributed by atoms with Gasteiger partial charge in [0, 0.05) is 26.2 Å². The minimum Gasteiger partial charge on any atom is -0.146 e. The Morgan fingerprint density at radius 3 is 2.46 bits per heavy atom. The summed E-state index contributed by atoms with van der Waals surface area (Å²) in [5.41, 5.74) is 9.85. The minimum atomic E-state index is 0. The zero-order valence-electron chi connectivity index (χ0n) is 14.9. The van der Waals surface area contributed by atoms with E-state index < -0.39 is 0 Å². The van der Waals surface area contributed by atoms with Gasteiger partial charge in [0.25, 0.3) is 0 Å². The largest absolute Gasteiger partial charge is 0.146 e. The molecule has 0 amide bonds. The van der Waals surface area contributed by atoms with Crippen molar-refractivity contribution in [1.82, 2.24) is 0 Å². The molecule has 2 aliphatic rings. The van der Waals surface area contributed by atoms with Crippen molar-refractivity contribution in [3.05, 3.63) is 76.9 Å². The molecule has 0 heterocycles. The Kier molecular flexibility index (Phi) is 4.60. The summed E-state index contributed by atoms with van der Waals surface area (Å²) in [4.78, 5) is 0. The molecule has 0 aromatic heterocycles. The van der Waals surface area contributed by atoms with Crippen LogP contribution in [0.2, 0.25) is 0 Å². The molecule has 0 bridgehead atoms. The van der Waals surface area contributed by atoms with Crippen LogP contribution in [0.3, 0.4) is 0 Å². The van der Waals surface area contributed by atoms with Crippen molar-refractivity contribution < 1.29 is 26.2 Å². The van der Waals surface area contributed by atoms with Gasteiger partial charge in [-0.3, -0.25) is 0 Å². The van der Waals surface area contributed by atoms with Crippen molar-refractivity contribution in [2.45, 2.75) is 34.1 Å². The minimum absolute atomic E-state index is 0. The third-order valence-corrected chi connectivity index (χ3v) is 5.11. The Morgan fingerprint density at radius 1 is 1.00 bits per heavy atom. The SMILES string of the molecule is CC1C=C(C(C)(C)C)C=C1c1[c-]c2c(cc1)-c1ccccc1C2.[Zr]. The standard InChI is InChI=1S/C23H23.Zr/c1-15-11-19(23(2,3)4)14-22(15)17-9-10-21-18(13-17)12-16-7-5-6-8-20(16)21;/h5-11,14-15H,12H2,1-4H3;/q-1;. The molecule has 24 heavy (non-hydrogen) atoms. The molecule has 2 aliphatic carbocycles. The molecule has 0 aliphatic heterocycles. The van der Waals surface area contributed by atoms with Crippen molar-refractivity contribution >= 4 is 5.57 Å². The third kappa shape index (κ3) is 2.93. The van der Waals surface area contributed by atoms with Gasteiger partial charge in [0.1, 0.15) is 0 Å². The van der Waals surface area contributed by atoms with Crippen molar-refractivity contribution in [2.75, 3.05) is 0 Å². The van der Waals surface area contributed by atoms with Crippen LogP contribution in [0, 0.1) is 17.4 Å².